The molecule has 2 aromatic carbocycles. The Morgan fingerprint density at radius 1 is 1.05 bits per heavy atom. The summed E-state index contributed by atoms with van der Waals surface area (Å²) in [6.45, 7) is 1.26. The van der Waals surface area contributed by atoms with Crippen LogP contribution in [0.4, 0.5) is 13.2 Å². The Bertz CT molecular complexity index is 634. The van der Waals surface area contributed by atoms with E-state index in [9.17, 15) is 13.2 Å². The van der Waals surface area contributed by atoms with Gasteiger partial charge in [0.15, 0.2) is 0 Å². The van der Waals surface area contributed by atoms with E-state index in [1.165, 1.54) is 23.3 Å². The monoisotopic (exact) mass is 291 g/mol. The average Bonchev–Trinajstić information content (AvgIpc) is 2.43. The first-order chi connectivity index (χ1) is 10.0. The van der Waals surface area contributed by atoms with Gasteiger partial charge >= 0.3 is 6.18 Å². The summed E-state index contributed by atoms with van der Waals surface area (Å²) in [4.78, 5) is 0. The molecule has 3 rings (SSSR count). The Morgan fingerprint density at radius 3 is 2.62 bits per heavy atom. The van der Waals surface area contributed by atoms with Crippen LogP contribution in [0.1, 0.15) is 28.2 Å². The molecule has 110 valence electrons. The molecule has 0 heterocycles. The van der Waals surface area contributed by atoms with Gasteiger partial charge in [-0.1, -0.05) is 42.5 Å². The van der Waals surface area contributed by atoms with Crippen molar-refractivity contribution in [3.8, 4) is 0 Å². The summed E-state index contributed by atoms with van der Waals surface area (Å²) in [6, 6.07) is 13.8. The van der Waals surface area contributed by atoms with Crippen LogP contribution in [-0.4, -0.2) is 6.54 Å². The van der Waals surface area contributed by atoms with E-state index in [1.807, 2.05) is 12.1 Å². The normalized spacial score (nSPS) is 17.2. The van der Waals surface area contributed by atoms with E-state index in [0.717, 1.165) is 19.0 Å². The Hall–Kier alpha value is -1.81. The number of nitrogens with one attached hydrogen (secondary N) is 1. The van der Waals surface area contributed by atoms with Crippen LogP contribution in [0.3, 0.4) is 0 Å². The lowest BCUT2D eigenvalue weighted by atomic mass is 9.77. The van der Waals surface area contributed by atoms with Crippen molar-refractivity contribution in [1.29, 1.82) is 0 Å². The minimum absolute atomic E-state index is 0.461. The van der Waals surface area contributed by atoms with Crippen molar-refractivity contribution in [2.75, 3.05) is 6.54 Å². The number of halogens is 3. The van der Waals surface area contributed by atoms with E-state index in [1.54, 1.807) is 6.07 Å². The summed E-state index contributed by atoms with van der Waals surface area (Å²) in [7, 11) is 0. The van der Waals surface area contributed by atoms with Crippen molar-refractivity contribution < 1.29 is 13.2 Å². The molecule has 0 saturated carbocycles. The summed E-state index contributed by atoms with van der Waals surface area (Å²) in [5, 5.41) is 3.26. The van der Waals surface area contributed by atoms with E-state index >= 15 is 0 Å². The molecular formula is C17H16F3N. The first-order valence-electron chi connectivity index (χ1n) is 6.99. The van der Waals surface area contributed by atoms with Crippen LogP contribution in [0.5, 0.6) is 0 Å². The molecule has 0 radical (unpaired) electrons. The molecule has 1 N–H and O–H groups in total. The van der Waals surface area contributed by atoms with Crippen LogP contribution in [-0.2, 0) is 19.1 Å². The van der Waals surface area contributed by atoms with Crippen molar-refractivity contribution in [2.24, 2.45) is 0 Å². The fraction of sp³-hybridized carbons (Fsp3) is 0.294. The highest BCUT2D eigenvalue weighted by atomic mass is 19.4. The molecule has 1 atom stereocenters. The third kappa shape index (κ3) is 3.10. The molecule has 2 aromatic rings. The third-order valence-corrected chi connectivity index (χ3v) is 3.94. The molecule has 1 unspecified atom stereocenters. The van der Waals surface area contributed by atoms with Crippen LogP contribution >= 0.6 is 0 Å². The van der Waals surface area contributed by atoms with Gasteiger partial charge in [-0.3, -0.25) is 0 Å². The summed E-state index contributed by atoms with van der Waals surface area (Å²) in [5.41, 5.74) is 2.81. The number of rotatable bonds is 4. The zero-order chi connectivity index (χ0) is 14.9. The fourth-order valence-electron chi connectivity index (χ4n) is 2.79. The van der Waals surface area contributed by atoms with Gasteiger partial charge in [0.2, 0.25) is 0 Å². The largest absolute Gasteiger partial charge is 0.416 e. The maximum atomic E-state index is 12.6. The number of hydrogen-bond acceptors (Lipinski definition) is 1. The molecule has 0 bridgehead atoms. The first-order valence-corrected chi connectivity index (χ1v) is 6.99. The van der Waals surface area contributed by atoms with Crippen LogP contribution in [0, 0.1) is 0 Å². The Balaban J connectivity index is 1.55. The van der Waals surface area contributed by atoms with Crippen molar-refractivity contribution in [3.63, 3.8) is 0 Å². The molecule has 0 aliphatic heterocycles. The average molecular weight is 291 g/mol. The predicted molar refractivity (Wildman–Crippen MR) is 76.0 cm³/mol. The second kappa shape index (κ2) is 5.53. The predicted octanol–water partition coefficient (Wildman–Crippen LogP) is 4.13. The molecule has 0 amide bonds. The SMILES string of the molecule is FC(F)(F)c1cccc(CNCC2Cc3ccccc32)c1. The Kier molecular flexibility index (Phi) is 3.72. The molecule has 1 aliphatic carbocycles. The van der Waals surface area contributed by atoms with Gasteiger partial charge < -0.3 is 5.32 Å². The first kappa shape index (κ1) is 14.1. The minimum Gasteiger partial charge on any atom is -0.312 e. The second-order valence-electron chi connectivity index (χ2n) is 5.43. The summed E-state index contributed by atoms with van der Waals surface area (Å²) < 4.78 is 37.9. The van der Waals surface area contributed by atoms with Gasteiger partial charge in [-0.15, -0.1) is 0 Å². The highest BCUT2D eigenvalue weighted by molar-refractivity contribution is 5.40. The lowest BCUT2D eigenvalue weighted by Gasteiger charge is -2.30. The van der Waals surface area contributed by atoms with Crippen LogP contribution in [0.15, 0.2) is 48.5 Å². The standard InChI is InChI=1S/C17H16F3N/c18-17(19,20)15-6-3-4-12(8-15)10-21-11-14-9-13-5-1-2-7-16(13)14/h1-8,14,21H,9-11H2. The lowest BCUT2D eigenvalue weighted by Crippen LogP contribution is -2.28. The maximum absolute atomic E-state index is 12.6. The van der Waals surface area contributed by atoms with Crippen molar-refractivity contribution in [3.05, 3.63) is 70.8 Å². The van der Waals surface area contributed by atoms with Crippen LogP contribution in [0.2, 0.25) is 0 Å². The molecule has 4 heteroatoms. The van der Waals surface area contributed by atoms with Gasteiger partial charge in [0.1, 0.15) is 0 Å². The zero-order valence-corrected chi connectivity index (χ0v) is 11.5. The Labute approximate surface area is 121 Å². The summed E-state index contributed by atoms with van der Waals surface area (Å²) in [6.07, 6.45) is -3.23. The van der Waals surface area contributed by atoms with Gasteiger partial charge in [-0.2, -0.15) is 13.2 Å². The minimum atomic E-state index is -4.27. The van der Waals surface area contributed by atoms with Gasteiger partial charge in [0.05, 0.1) is 5.56 Å². The van der Waals surface area contributed by atoms with E-state index < -0.39 is 11.7 Å². The Morgan fingerprint density at radius 2 is 1.86 bits per heavy atom. The smallest absolute Gasteiger partial charge is 0.312 e. The highest BCUT2D eigenvalue weighted by Gasteiger charge is 2.30. The molecule has 0 spiro atoms. The van der Waals surface area contributed by atoms with Gasteiger partial charge in [0, 0.05) is 19.0 Å². The highest BCUT2D eigenvalue weighted by Crippen LogP contribution is 2.34. The molecule has 1 nitrogen and oxygen atoms in total. The molecule has 21 heavy (non-hydrogen) atoms. The van der Waals surface area contributed by atoms with Crippen LogP contribution in [0.25, 0.3) is 0 Å². The quantitative estimate of drug-likeness (QED) is 0.893. The maximum Gasteiger partial charge on any atom is 0.416 e. The van der Waals surface area contributed by atoms with Gasteiger partial charge in [0.25, 0.3) is 0 Å². The summed E-state index contributed by atoms with van der Waals surface area (Å²) in [5.74, 6) is 0.479. The fourth-order valence-corrected chi connectivity index (χ4v) is 2.79. The number of hydrogen-bond donors (Lipinski definition) is 1. The zero-order valence-electron chi connectivity index (χ0n) is 11.5. The van der Waals surface area contributed by atoms with Crippen molar-refractivity contribution >= 4 is 0 Å². The van der Waals surface area contributed by atoms with E-state index in [4.69, 9.17) is 0 Å². The number of benzene rings is 2. The summed E-state index contributed by atoms with van der Waals surface area (Å²) >= 11 is 0. The van der Waals surface area contributed by atoms with E-state index in [0.29, 0.717) is 18.0 Å². The molecule has 0 fully saturated rings. The molecule has 0 aromatic heterocycles. The molecular weight excluding hydrogens is 275 g/mol. The van der Waals surface area contributed by atoms with Gasteiger partial charge in [-0.05, 0) is 29.2 Å². The lowest BCUT2D eigenvalue weighted by molar-refractivity contribution is -0.137. The number of alkyl halides is 3. The topological polar surface area (TPSA) is 12.0 Å². The molecule has 1 aliphatic rings. The van der Waals surface area contributed by atoms with E-state index in [2.05, 4.69) is 17.4 Å². The third-order valence-electron chi connectivity index (χ3n) is 3.94. The van der Waals surface area contributed by atoms with Crippen molar-refractivity contribution in [1.82, 2.24) is 5.32 Å². The van der Waals surface area contributed by atoms with Crippen molar-refractivity contribution in [2.45, 2.75) is 25.1 Å². The van der Waals surface area contributed by atoms with Crippen LogP contribution < -0.4 is 5.32 Å². The van der Waals surface area contributed by atoms with E-state index in [-0.39, 0.29) is 0 Å². The molecule has 0 saturated heterocycles. The van der Waals surface area contributed by atoms with Gasteiger partial charge in [-0.25, -0.2) is 0 Å². The number of fused-ring (bicyclic) bond motifs is 1. The second-order valence-corrected chi connectivity index (χ2v) is 5.43.